The fourth-order valence-electron chi connectivity index (χ4n) is 5.52. The highest BCUT2D eigenvalue weighted by atomic mass is 19.4. The quantitative estimate of drug-likeness (QED) is 0.766. The molecule has 1 aromatic heterocycles. The first-order valence-corrected chi connectivity index (χ1v) is 10.7. The summed E-state index contributed by atoms with van der Waals surface area (Å²) in [6.45, 7) is -0.422. The summed E-state index contributed by atoms with van der Waals surface area (Å²) in [5, 5.41) is 10.1. The SMILES string of the molecule is CN(C)C(=O)[C@@H]1[C@@H](CO)[C@@H]2Cn3c(ccc(C4=CCCC4)c3=O)[C@H]1N2CCC(F)(F)F. The number of halogens is 3. The van der Waals surface area contributed by atoms with Gasteiger partial charge in [0.05, 0.1) is 18.4 Å². The maximum atomic E-state index is 13.3. The molecule has 4 rings (SSSR count). The number of rotatable bonds is 5. The number of amides is 1. The molecule has 170 valence electrons. The summed E-state index contributed by atoms with van der Waals surface area (Å²) in [6.07, 6.45) is -0.509. The van der Waals surface area contributed by atoms with E-state index in [1.165, 1.54) is 4.90 Å². The number of aromatic nitrogens is 1. The molecule has 0 saturated carbocycles. The molecule has 1 fully saturated rings. The average Bonchev–Trinajstić information content (AvgIpc) is 3.30. The van der Waals surface area contributed by atoms with Crippen LogP contribution in [0.5, 0.6) is 0 Å². The second kappa shape index (κ2) is 8.09. The van der Waals surface area contributed by atoms with Crippen molar-refractivity contribution in [2.24, 2.45) is 11.8 Å². The Morgan fingerprint density at radius 3 is 2.61 bits per heavy atom. The van der Waals surface area contributed by atoms with Crippen LogP contribution in [0.2, 0.25) is 0 Å². The van der Waals surface area contributed by atoms with Gasteiger partial charge in [-0.1, -0.05) is 6.08 Å². The Morgan fingerprint density at radius 1 is 1.29 bits per heavy atom. The van der Waals surface area contributed by atoms with Crippen LogP contribution in [0.1, 0.15) is 43.0 Å². The van der Waals surface area contributed by atoms with Gasteiger partial charge in [-0.15, -0.1) is 0 Å². The third-order valence-electron chi connectivity index (χ3n) is 6.94. The van der Waals surface area contributed by atoms with Crippen LogP contribution in [0.4, 0.5) is 13.2 Å². The van der Waals surface area contributed by atoms with E-state index in [1.54, 1.807) is 35.7 Å². The molecule has 3 aliphatic rings. The highest BCUT2D eigenvalue weighted by molar-refractivity contribution is 5.80. The first-order valence-electron chi connectivity index (χ1n) is 10.7. The van der Waals surface area contributed by atoms with Crippen LogP contribution in [0.15, 0.2) is 23.0 Å². The van der Waals surface area contributed by atoms with E-state index in [4.69, 9.17) is 0 Å². The van der Waals surface area contributed by atoms with Crippen LogP contribution in [0.3, 0.4) is 0 Å². The second-order valence-corrected chi connectivity index (χ2v) is 8.93. The first kappa shape index (κ1) is 22.1. The molecule has 9 heteroatoms. The number of nitrogens with zero attached hydrogens (tertiary/aromatic N) is 3. The average molecular weight is 439 g/mol. The van der Waals surface area contributed by atoms with Crippen molar-refractivity contribution in [3.63, 3.8) is 0 Å². The van der Waals surface area contributed by atoms with E-state index in [1.807, 2.05) is 0 Å². The smallest absolute Gasteiger partial charge is 0.390 e. The number of allylic oxidation sites excluding steroid dienone is 2. The number of carbonyl (C=O) groups excluding carboxylic acids is 1. The van der Waals surface area contributed by atoms with Crippen molar-refractivity contribution in [2.45, 2.75) is 50.5 Å². The van der Waals surface area contributed by atoms with Crippen molar-refractivity contribution < 1.29 is 23.1 Å². The molecule has 0 radical (unpaired) electrons. The van der Waals surface area contributed by atoms with Crippen molar-refractivity contribution in [3.8, 4) is 0 Å². The van der Waals surface area contributed by atoms with Gasteiger partial charge in [-0.2, -0.15) is 13.2 Å². The summed E-state index contributed by atoms with van der Waals surface area (Å²) in [6, 6.07) is 2.35. The Kier molecular flexibility index (Phi) is 5.76. The summed E-state index contributed by atoms with van der Waals surface area (Å²) in [4.78, 5) is 29.5. The van der Waals surface area contributed by atoms with Crippen LogP contribution in [0, 0.1) is 11.8 Å². The largest absolute Gasteiger partial charge is 0.396 e. The lowest BCUT2D eigenvalue weighted by Gasteiger charge is -2.38. The standard InChI is InChI=1S/C22H28F3N3O3/c1-26(2)21(31)18-15(12-29)17-11-28-16(19(18)27(17)10-9-22(23,24)25)8-7-14(20(28)30)13-5-3-4-6-13/h5,7-8,15,17-19,29H,3-4,6,9-12H2,1-2H3/t15-,17-,18+,19+/m0/s1. The first-order chi connectivity index (χ1) is 14.6. The molecule has 1 N–H and O–H groups in total. The van der Waals surface area contributed by atoms with Crippen LogP contribution in [-0.4, -0.2) is 64.8 Å². The van der Waals surface area contributed by atoms with Crippen molar-refractivity contribution in [2.75, 3.05) is 27.2 Å². The zero-order valence-corrected chi connectivity index (χ0v) is 17.7. The monoisotopic (exact) mass is 439 g/mol. The molecule has 0 aromatic carbocycles. The van der Waals surface area contributed by atoms with E-state index in [-0.39, 0.29) is 31.2 Å². The van der Waals surface area contributed by atoms with Crippen LogP contribution < -0.4 is 5.56 Å². The molecule has 0 spiro atoms. The molecule has 4 atom stereocenters. The van der Waals surface area contributed by atoms with Gasteiger partial charge in [0.25, 0.3) is 5.56 Å². The molecular formula is C22H28F3N3O3. The summed E-state index contributed by atoms with van der Waals surface area (Å²) in [7, 11) is 3.20. The Balaban J connectivity index is 1.80. The number of aliphatic hydroxyl groups is 1. The van der Waals surface area contributed by atoms with Crippen molar-refractivity contribution in [1.29, 1.82) is 0 Å². The molecule has 31 heavy (non-hydrogen) atoms. The molecule has 2 bridgehead atoms. The fourth-order valence-corrected chi connectivity index (χ4v) is 5.52. The third-order valence-corrected chi connectivity index (χ3v) is 6.94. The van der Waals surface area contributed by atoms with Gasteiger partial charge in [-0.3, -0.25) is 14.5 Å². The van der Waals surface area contributed by atoms with E-state index in [9.17, 15) is 27.9 Å². The van der Waals surface area contributed by atoms with E-state index >= 15 is 0 Å². The Morgan fingerprint density at radius 2 is 2.03 bits per heavy atom. The molecule has 2 aliphatic heterocycles. The van der Waals surface area contributed by atoms with Gasteiger partial charge in [0.2, 0.25) is 5.91 Å². The molecular weight excluding hydrogens is 411 g/mol. The molecule has 1 aliphatic carbocycles. The maximum Gasteiger partial charge on any atom is 0.390 e. The topological polar surface area (TPSA) is 65.8 Å². The second-order valence-electron chi connectivity index (χ2n) is 8.93. The van der Waals surface area contributed by atoms with Crippen molar-refractivity contribution >= 4 is 11.5 Å². The van der Waals surface area contributed by atoms with E-state index in [0.29, 0.717) is 11.3 Å². The fraction of sp³-hybridized carbons (Fsp3) is 0.636. The Bertz CT molecular complexity index is 954. The predicted octanol–water partition coefficient (Wildman–Crippen LogP) is 2.42. The van der Waals surface area contributed by atoms with Gasteiger partial charge >= 0.3 is 6.18 Å². The predicted molar refractivity (Wildman–Crippen MR) is 109 cm³/mol. The lowest BCUT2D eigenvalue weighted by molar-refractivity contribution is -0.141. The number of hydrogen-bond donors (Lipinski definition) is 1. The summed E-state index contributed by atoms with van der Waals surface area (Å²) >= 11 is 0. The number of carbonyl (C=O) groups is 1. The van der Waals surface area contributed by atoms with E-state index < -0.39 is 36.5 Å². The molecule has 1 aromatic rings. The van der Waals surface area contributed by atoms with E-state index in [2.05, 4.69) is 6.08 Å². The van der Waals surface area contributed by atoms with Crippen molar-refractivity contribution in [3.05, 3.63) is 39.8 Å². The number of hydrogen-bond acceptors (Lipinski definition) is 4. The number of fused-ring (bicyclic) bond motifs is 4. The van der Waals surface area contributed by atoms with Gasteiger partial charge < -0.3 is 14.6 Å². The number of pyridine rings is 1. The summed E-state index contributed by atoms with van der Waals surface area (Å²) < 4.78 is 40.7. The van der Waals surface area contributed by atoms with Gasteiger partial charge in [-0.05, 0) is 37.0 Å². The van der Waals surface area contributed by atoms with Crippen molar-refractivity contribution in [1.82, 2.24) is 14.4 Å². The van der Waals surface area contributed by atoms with Gasteiger partial charge in [-0.25, -0.2) is 0 Å². The number of aliphatic hydroxyl groups excluding tert-OH is 1. The normalized spacial score (nSPS) is 27.9. The molecule has 6 nitrogen and oxygen atoms in total. The Labute approximate surface area is 178 Å². The van der Waals surface area contributed by atoms with Gasteiger partial charge in [0.15, 0.2) is 0 Å². The van der Waals surface area contributed by atoms with Crippen LogP contribution in [-0.2, 0) is 11.3 Å². The zero-order chi connectivity index (χ0) is 22.5. The molecule has 3 heterocycles. The minimum atomic E-state index is -4.33. The lowest BCUT2D eigenvalue weighted by Crippen LogP contribution is -2.47. The zero-order valence-electron chi connectivity index (χ0n) is 17.7. The van der Waals surface area contributed by atoms with Gasteiger partial charge in [0.1, 0.15) is 0 Å². The van der Waals surface area contributed by atoms with Crippen LogP contribution >= 0.6 is 0 Å². The van der Waals surface area contributed by atoms with E-state index in [0.717, 1.165) is 24.8 Å². The highest BCUT2D eigenvalue weighted by Crippen LogP contribution is 2.49. The Hall–Kier alpha value is -2.13. The van der Waals surface area contributed by atoms with Crippen LogP contribution in [0.25, 0.3) is 5.57 Å². The summed E-state index contributed by atoms with van der Waals surface area (Å²) in [5.74, 6) is -1.49. The minimum absolute atomic E-state index is 0.161. The lowest BCUT2D eigenvalue weighted by atomic mass is 9.86. The molecule has 1 amide bonds. The highest BCUT2D eigenvalue weighted by Gasteiger charge is 2.56. The third kappa shape index (κ3) is 3.82. The number of alkyl halides is 3. The summed E-state index contributed by atoms with van der Waals surface area (Å²) in [5.41, 5.74) is 2.03. The van der Waals surface area contributed by atoms with Gasteiger partial charge in [0, 0.05) is 57.0 Å². The maximum absolute atomic E-state index is 13.3. The minimum Gasteiger partial charge on any atom is -0.396 e. The molecule has 0 unspecified atom stereocenters. The molecule has 1 saturated heterocycles.